The van der Waals surface area contributed by atoms with Crippen molar-refractivity contribution in [3.63, 3.8) is 0 Å². The highest BCUT2D eigenvalue weighted by Gasteiger charge is 2.10. The molecule has 0 spiro atoms. The summed E-state index contributed by atoms with van der Waals surface area (Å²) in [7, 11) is 0. The smallest absolute Gasteiger partial charge is 0.161 e. The lowest BCUT2D eigenvalue weighted by Gasteiger charge is -2.05. The first-order valence-corrected chi connectivity index (χ1v) is 7.06. The van der Waals surface area contributed by atoms with Crippen molar-refractivity contribution in [2.24, 2.45) is 0 Å². The molecule has 3 aromatic heterocycles. The van der Waals surface area contributed by atoms with Crippen molar-refractivity contribution in [2.75, 3.05) is 0 Å². The van der Waals surface area contributed by atoms with E-state index in [9.17, 15) is 0 Å². The molecule has 3 heterocycles. The van der Waals surface area contributed by atoms with Gasteiger partial charge in [-0.15, -0.1) is 0 Å². The monoisotopic (exact) mass is 307 g/mol. The van der Waals surface area contributed by atoms with Crippen LogP contribution < -0.4 is 0 Å². The molecule has 0 saturated carbocycles. The van der Waals surface area contributed by atoms with Crippen molar-refractivity contribution < 1.29 is 0 Å². The molecule has 1 aromatic carbocycles. The lowest BCUT2D eigenvalue weighted by molar-refractivity contribution is 1.11. The van der Waals surface area contributed by atoms with Gasteiger partial charge in [0, 0.05) is 23.5 Å². The highest BCUT2D eigenvalue weighted by molar-refractivity contribution is 6.33. The molecule has 4 rings (SSSR count). The van der Waals surface area contributed by atoms with Gasteiger partial charge in [-0.1, -0.05) is 35.9 Å². The van der Waals surface area contributed by atoms with E-state index in [1.165, 1.54) is 0 Å². The number of hydrogen-bond acceptors (Lipinski definition) is 4. The molecule has 0 amide bonds. The van der Waals surface area contributed by atoms with E-state index in [-0.39, 0.29) is 0 Å². The van der Waals surface area contributed by atoms with Gasteiger partial charge in [-0.2, -0.15) is 5.10 Å². The third-order valence-electron chi connectivity index (χ3n) is 3.37. The number of nitrogens with zero attached hydrogens (tertiary/aromatic N) is 4. The number of fused-ring (bicyclic) bond motifs is 1. The second-order valence-corrected chi connectivity index (χ2v) is 5.15. The Morgan fingerprint density at radius 1 is 0.909 bits per heavy atom. The van der Waals surface area contributed by atoms with Crippen molar-refractivity contribution in [1.29, 1.82) is 0 Å². The Morgan fingerprint density at radius 3 is 2.64 bits per heavy atom. The second kappa shape index (κ2) is 5.20. The van der Waals surface area contributed by atoms with Crippen molar-refractivity contribution in [3.8, 4) is 22.5 Å². The highest BCUT2D eigenvalue weighted by Crippen LogP contribution is 2.26. The Balaban J connectivity index is 1.85. The van der Waals surface area contributed by atoms with Crippen LogP contribution in [0.2, 0.25) is 5.15 Å². The molecule has 0 radical (unpaired) electrons. The van der Waals surface area contributed by atoms with E-state index in [2.05, 4.69) is 25.1 Å². The minimum Gasteiger partial charge on any atom is -0.273 e. The number of nitrogens with one attached hydrogen (secondary N) is 1. The van der Waals surface area contributed by atoms with E-state index in [4.69, 9.17) is 11.6 Å². The predicted octanol–water partition coefficient (Wildman–Crippen LogP) is 3.74. The molecule has 1 N–H and O–H groups in total. The molecular formula is C16H10ClN5. The van der Waals surface area contributed by atoms with E-state index < -0.39 is 0 Å². The lowest BCUT2D eigenvalue weighted by atomic mass is 10.0. The minimum atomic E-state index is 0.365. The van der Waals surface area contributed by atoms with Crippen molar-refractivity contribution >= 4 is 22.6 Å². The number of hydrogen-bond donors (Lipinski definition) is 1. The molecule has 0 fully saturated rings. The molecule has 5 nitrogen and oxygen atoms in total. The van der Waals surface area contributed by atoms with Crippen LogP contribution in [0.5, 0.6) is 0 Å². The zero-order chi connectivity index (χ0) is 14.9. The van der Waals surface area contributed by atoms with Crippen LogP contribution >= 0.6 is 11.6 Å². The van der Waals surface area contributed by atoms with Gasteiger partial charge >= 0.3 is 0 Å². The third-order valence-corrected chi connectivity index (χ3v) is 3.65. The van der Waals surface area contributed by atoms with Gasteiger partial charge in [-0.05, 0) is 17.7 Å². The maximum Gasteiger partial charge on any atom is 0.161 e. The normalized spacial score (nSPS) is 11.0. The summed E-state index contributed by atoms with van der Waals surface area (Å²) in [6.07, 6.45) is 5.21. The zero-order valence-electron chi connectivity index (χ0n) is 11.4. The van der Waals surface area contributed by atoms with Crippen LogP contribution in [0.4, 0.5) is 0 Å². The minimum absolute atomic E-state index is 0.365. The highest BCUT2D eigenvalue weighted by atomic mass is 35.5. The number of benzene rings is 1. The quantitative estimate of drug-likeness (QED) is 0.573. The molecular weight excluding hydrogens is 298 g/mol. The topological polar surface area (TPSA) is 67.3 Å². The number of rotatable bonds is 2. The molecule has 0 atom stereocenters. The van der Waals surface area contributed by atoms with Gasteiger partial charge in [0.2, 0.25) is 0 Å². The molecule has 0 unspecified atom stereocenters. The Kier molecular flexibility index (Phi) is 3.05. The SMILES string of the molecule is Clc1nc(-c2cccc(-c3cccnc3)c2)nc2cn[nH]c12. The summed E-state index contributed by atoms with van der Waals surface area (Å²) in [6, 6.07) is 11.9. The first-order chi connectivity index (χ1) is 10.8. The Morgan fingerprint density at radius 2 is 1.77 bits per heavy atom. The van der Waals surface area contributed by atoms with Gasteiger partial charge in [-0.25, -0.2) is 9.97 Å². The second-order valence-electron chi connectivity index (χ2n) is 4.79. The van der Waals surface area contributed by atoms with Crippen LogP contribution in [0.3, 0.4) is 0 Å². The van der Waals surface area contributed by atoms with Crippen LogP contribution in [0.15, 0.2) is 55.0 Å². The van der Waals surface area contributed by atoms with Gasteiger partial charge in [0.25, 0.3) is 0 Å². The summed E-state index contributed by atoms with van der Waals surface area (Å²) < 4.78 is 0. The first kappa shape index (κ1) is 12.9. The van der Waals surface area contributed by atoms with Crippen molar-refractivity contribution in [2.45, 2.75) is 0 Å². The molecule has 0 aliphatic heterocycles. The first-order valence-electron chi connectivity index (χ1n) is 6.69. The van der Waals surface area contributed by atoms with Crippen LogP contribution in [-0.2, 0) is 0 Å². The summed E-state index contributed by atoms with van der Waals surface area (Å²) in [5.41, 5.74) is 4.33. The standard InChI is InChI=1S/C16H10ClN5/c17-15-14-13(9-19-22-14)20-16(21-15)11-4-1-3-10(7-11)12-5-2-6-18-8-12/h1-9H,(H,19,22). The number of aromatic amines is 1. The Bertz CT molecular complexity index is 949. The predicted molar refractivity (Wildman–Crippen MR) is 85.4 cm³/mol. The Labute approximate surface area is 131 Å². The van der Waals surface area contributed by atoms with Gasteiger partial charge in [-0.3, -0.25) is 10.1 Å². The summed E-state index contributed by atoms with van der Waals surface area (Å²) in [5.74, 6) is 0.574. The summed E-state index contributed by atoms with van der Waals surface area (Å²) in [6.45, 7) is 0. The Hall–Kier alpha value is -2.79. The summed E-state index contributed by atoms with van der Waals surface area (Å²) in [5, 5.41) is 7.10. The summed E-state index contributed by atoms with van der Waals surface area (Å²) >= 11 is 6.18. The third kappa shape index (κ3) is 2.21. The zero-order valence-corrected chi connectivity index (χ0v) is 12.1. The number of halogens is 1. The van der Waals surface area contributed by atoms with Gasteiger partial charge in [0.15, 0.2) is 11.0 Å². The van der Waals surface area contributed by atoms with Gasteiger partial charge in [0.1, 0.15) is 11.0 Å². The van der Waals surface area contributed by atoms with Crippen LogP contribution in [0.1, 0.15) is 0 Å². The number of aromatic nitrogens is 5. The number of pyridine rings is 1. The molecule has 0 saturated heterocycles. The van der Waals surface area contributed by atoms with Gasteiger partial charge < -0.3 is 0 Å². The van der Waals surface area contributed by atoms with Crippen LogP contribution in [-0.4, -0.2) is 25.1 Å². The average Bonchev–Trinajstić information content (AvgIpc) is 3.05. The fourth-order valence-electron chi connectivity index (χ4n) is 2.30. The van der Waals surface area contributed by atoms with Crippen LogP contribution in [0.25, 0.3) is 33.5 Å². The van der Waals surface area contributed by atoms with E-state index in [1.54, 1.807) is 12.4 Å². The maximum absolute atomic E-state index is 6.18. The molecule has 0 bridgehead atoms. The molecule has 4 aromatic rings. The largest absolute Gasteiger partial charge is 0.273 e. The lowest BCUT2D eigenvalue weighted by Crippen LogP contribution is -1.91. The van der Waals surface area contributed by atoms with Crippen molar-refractivity contribution in [3.05, 3.63) is 60.1 Å². The fourth-order valence-corrected chi connectivity index (χ4v) is 2.52. The average molecular weight is 308 g/mol. The summed E-state index contributed by atoms with van der Waals surface area (Å²) in [4.78, 5) is 13.0. The van der Waals surface area contributed by atoms with E-state index in [1.807, 2.05) is 42.6 Å². The molecule has 0 aliphatic rings. The molecule has 0 aliphatic carbocycles. The van der Waals surface area contributed by atoms with E-state index in [0.717, 1.165) is 16.7 Å². The van der Waals surface area contributed by atoms with E-state index >= 15 is 0 Å². The van der Waals surface area contributed by atoms with Gasteiger partial charge in [0.05, 0.1) is 6.20 Å². The maximum atomic E-state index is 6.18. The number of H-pyrrole nitrogens is 1. The molecule has 6 heteroatoms. The fraction of sp³-hybridized carbons (Fsp3) is 0. The molecule has 22 heavy (non-hydrogen) atoms. The molecule has 106 valence electrons. The van der Waals surface area contributed by atoms with E-state index in [0.29, 0.717) is 22.0 Å². The van der Waals surface area contributed by atoms with Crippen LogP contribution in [0, 0.1) is 0 Å². The van der Waals surface area contributed by atoms with Crippen molar-refractivity contribution in [1.82, 2.24) is 25.1 Å².